The van der Waals surface area contributed by atoms with Crippen LogP contribution in [0.15, 0.2) is 18.2 Å². The Hall–Kier alpha value is -0.890. The Balaban J connectivity index is 3.05. The maximum Gasteiger partial charge on any atom is 0.198 e. The van der Waals surface area contributed by atoms with Crippen molar-refractivity contribution in [2.24, 2.45) is 0 Å². The molecule has 0 aliphatic heterocycles. The fraction of sp³-hybridized carbons (Fsp3) is 0.300. The van der Waals surface area contributed by atoms with Gasteiger partial charge in [-0.25, -0.2) is 0 Å². The van der Waals surface area contributed by atoms with Crippen molar-refractivity contribution < 1.29 is 4.79 Å². The number of allylic oxidation sites excluding steroid dienone is 1. The summed E-state index contributed by atoms with van der Waals surface area (Å²) in [4.78, 5) is 13.4. The van der Waals surface area contributed by atoms with Crippen molar-refractivity contribution in [3.63, 3.8) is 0 Å². The van der Waals surface area contributed by atoms with Crippen LogP contribution < -0.4 is 0 Å². The maximum absolute atomic E-state index is 11.4. The molecule has 12 heavy (non-hydrogen) atoms. The van der Waals surface area contributed by atoms with Crippen molar-refractivity contribution in [2.75, 3.05) is 0 Å². The van der Waals surface area contributed by atoms with Gasteiger partial charge in [0, 0.05) is 4.88 Å². The number of hydrogen-bond donors (Lipinski definition) is 0. The molecule has 0 saturated heterocycles. The molecule has 0 radical (unpaired) electrons. The number of aryl methyl sites for hydroxylation is 2. The van der Waals surface area contributed by atoms with Gasteiger partial charge in [-0.05, 0) is 38.0 Å². The van der Waals surface area contributed by atoms with Crippen LogP contribution in [0.5, 0.6) is 0 Å². The van der Waals surface area contributed by atoms with E-state index < -0.39 is 0 Å². The second-order valence-electron chi connectivity index (χ2n) is 2.96. The van der Waals surface area contributed by atoms with Crippen LogP contribution in [0.25, 0.3) is 0 Å². The van der Waals surface area contributed by atoms with Gasteiger partial charge in [0.05, 0.1) is 4.88 Å². The van der Waals surface area contributed by atoms with Gasteiger partial charge in [-0.15, -0.1) is 11.3 Å². The smallest absolute Gasteiger partial charge is 0.198 e. The van der Waals surface area contributed by atoms with Crippen LogP contribution in [-0.2, 0) is 0 Å². The predicted molar refractivity (Wildman–Crippen MR) is 52.9 cm³/mol. The fourth-order valence-electron chi connectivity index (χ4n) is 0.895. The first-order valence-electron chi connectivity index (χ1n) is 3.79. The standard InChI is InChI=1S/C10H12OS/c1-6(2)10(11)9-5-7(3)8(4)12-9/h5H,1H2,2-4H3. The van der Waals surface area contributed by atoms with E-state index >= 15 is 0 Å². The Morgan fingerprint density at radius 2 is 2.08 bits per heavy atom. The van der Waals surface area contributed by atoms with Gasteiger partial charge in [0.25, 0.3) is 0 Å². The summed E-state index contributed by atoms with van der Waals surface area (Å²) >= 11 is 1.54. The molecule has 2 heteroatoms. The number of rotatable bonds is 2. The maximum atomic E-state index is 11.4. The summed E-state index contributed by atoms with van der Waals surface area (Å²) in [5, 5.41) is 0. The number of thiophene rings is 1. The van der Waals surface area contributed by atoms with Crippen molar-refractivity contribution in [1.29, 1.82) is 0 Å². The highest BCUT2D eigenvalue weighted by Gasteiger charge is 2.10. The lowest BCUT2D eigenvalue weighted by atomic mass is 10.2. The molecule has 0 spiro atoms. The minimum atomic E-state index is 0.0659. The van der Waals surface area contributed by atoms with Crippen LogP contribution in [0.1, 0.15) is 27.0 Å². The molecule has 0 atom stereocenters. The Morgan fingerprint density at radius 1 is 1.50 bits per heavy atom. The number of Topliss-reactive ketones (excluding diaryl/α,β-unsaturated/α-hetero) is 1. The van der Waals surface area contributed by atoms with E-state index in [-0.39, 0.29) is 5.78 Å². The van der Waals surface area contributed by atoms with E-state index in [0.29, 0.717) is 5.57 Å². The molecule has 1 aromatic heterocycles. The Morgan fingerprint density at radius 3 is 2.42 bits per heavy atom. The molecule has 64 valence electrons. The van der Waals surface area contributed by atoms with Gasteiger partial charge >= 0.3 is 0 Å². The van der Waals surface area contributed by atoms with E-state index in [9.17, 15) is 4.79 Å². The highest BCUT2D eigenvalue weighted by atomic mass is 32.1. The summed E-state index contributed by atoms with van der Waals surface area (Å²) < 4.78 is 0. The lowest BCUT2D eigenvalue weighted by molar-refractivity contribution is 0.103. The third-order valence-electron chi connectivity index (χ3n) is 1.78. The molecular weight excluding hydrogens is 168 g/mol. The fourth-order valence-corrected chi connectivity index (χ4v) is 1.95. The minimum absolute atomic E-state index is 0.0659. The van der Waals surface area contributed by atoms with Gasteiger partial charge < -0.3 is 0 Å². The number of hydrogen-bond acceptors (Lipinski definition) is 2. The molecule has 0 N–H and O–H groups in total. The predicted octanol–water partition coefficient (Wildman–Crippen LogP) is 3.12. The van der Waals surface area contributed by atoms with Crippen LogP contribution >= 0.6 is 11.3 Å². The second kappa shape index (κ2) is 3.23. The summed E-state index contributed by atoms with van der Waals surface area (Å²) in [5.74, 6) is 0.0659. The van der Waals surface area contributed by atoms with Crippen molar-refractivity contribution in [3.8, 4) is 0 Å². The highest BCUT2D eigenvalue weighted by Crippen LogP contribution is 2.22. The molecule has 0 amide bonds. The summed E-state index contributed by atoms with van der Waals surface area (Å²) in [6.07, 6.45) is 0. The molecule has 0 aromatic carbocycles. The van der Waals surface area contributed by atoms with Gasteiger partial charge in [-0.3, -0.25) is 4.79 Å². The van der Waals surface area contributed by atoms with Crippen LogP contribution in [0, 0.1) is 13.8 Å². The molecule has 1 heterocycles. The first kappa shape index (κ1) is 9.20. The Bertz CT molecular complexity index is 314. The molecule has 1 aromatic rings. The van der Waals surface area contributed by atoms with Crippen molar-refractivity contribution in [2.45, 2.75) is 20.8 Å². The number of carbonyl (C=O) groups excluding carboxylic acids is 1. The zero-order chi connectivity index (χ0) is 9.30. The van der Waals surface area contributed by atoms with Crippen molar-refractivity contribution in [1.82, 2.24) is 0 Å². The van der Waals surface area contributed by atoms with Crippen LogP contribution in [0.4, 0.5) is 0 Å². The lowest BCUT2D eigenvalue weighted by Gasteiger charge is -1.91. The molecule has 1 rings (SSSR count). The van der Waals surface area contributed by atoms with Gasteiger partial charge in [0.15, 0.2) is 5.78 Å². The molecule has 1 nitrogen and oxygen atoms in total. The SMILES string of the molecule is C=C(C)C(=O)c1cc(C)c(C)s1. The summed E-state index contributed by atoms with van der Waals surface area (Å²) in [7, 11) is 0. The quantitative estimate of drug-likeness (QED) is 0.505. The molecular formula is C10H12OS. The van der Waals surface area contributed by atoms with Gasteiger partial charge in [0.2, 0.25) is 0 Å². The number of carbonyl (C=O) groups is 1. The van der Waals surface area contributed by atoms with Gasteiger partial charge in [-0.1, -0.05) is 6.58 Å². The highest BCUT2D eigenvalue weighted by molar-refractivity contribution is 7.14. The summed E-state index contributed by atoms with van der Waals surface area (Å²) in [6.45, 7) is 9.41. The van der Waals surface area contributed by atoms with E-state index in [2.05, 4.69) is 6.58 Å². The second-order valence-corrected chi connectivity index (χ2v) is 4.22. The monoisotopic (exact) mass is 180 g/mol. The topological polar surface area (TPSA) is 17.1 Å². The minimum Gasteiger partial charge on any atom is -0.288 e. The van der Waals surface area contributed by atoms with Crippen LogP contribution in [0.3, 0.4) is 0 Å². The molecule has 0 fully saturated rings. The van der Waals surface area contributed by atoms with Crippen LogP contribution in [-0.4, -0.2) is 5.78 Å². The van der Waals surface area contributed by atoms with Crippen molar-refractivity contribution >= 4 is 17.1 Å². The first-order chi connectivity index (χ1) is 5.52. The van der Waals surface area contributed by atoms with E-state index in [0.717, 1.165) is 4.88 Å². The zero-order valence-corrected chi connectivity index (χ0v) is 8.42. The Kier molecular flexibility index (Phi) is 2.48. The Labute approximate surface area is 76.7 Å². The first-order valence-corrected chi connectivity index (χ1v) is 4.61. The normalized spacial score (nSPS) is 9.92. The number of ketones is 1. The lowest BCUT2D eigenvalue weighted by Crippen LogP contribution is -1.94. The third kappa shape index (κ3) is 1.64. The summed E-state index contributed by atoms with van der Waals surface area (Å²) in [5.41, 5.74) is 1.79. The average Bonchev–Trinajstić information content (AvgIpc) is 2.30. The molecule has 0 saturated carbocycles. The molecule has 0 aliphatic carbocycles. The van der Waals surface area contributed by atoms with E-state index in [1.807, 2.05) is 19.9 Å². The average molecular weight is 180 g/mol. The van der Waals surface area contributed by atoms with E-state index in [1.54, 1.807) is 18.3 Å². The van der Waals surface area contributed by atoms with Crippen molar-refractivity contribution in [3.05, 3.63) is 33.5 Å². The molecule has 0 aliphatic rings. The molecule has 0 bridgehead atoms. The van der Waals surface area contributed by atoms with E-state index in [1.165, 1.54) is 10.4 Å². The third-order valence-corrected chi connectivity index (χ3v) is 2.93. The molecule has 0 unspecified atom stereocenters. The summed E-state index contributed by atoms with van der Waals surface area (Å²) in [6, 6.07) is 1.93. The van der Waals surface area contributed by atoms with Gasteiger partial charge in [-0.2, -0.15) is 0 Å². The zero-order valence-electron chi connectivity index (χ0n) is 7.60. The largest absolute Gasteiger partial charge is 0.288 e. The van der Waals surface area contributed by atoms with Crippen LogP contribution in [0.2, 0.25) is 0 Å². The van der Waals surface area contributed by atoms with E-state index in [4.69, 9.17) is 0 Å². The van der Waals surface area contributed by atoms with Gasteiger partial charge in [0.1, 0.15) is 0 Å².